The van der Waals surface area contributed by atoms with Gasteiger partial charge < -0.3 is 19.4 Å². The smallest absolute Gasteiger partial charge is 0.253 e. The van der Waals surface area contributed by atoms with Crippen LogP contribution < -0.4 is 19.9 Å². The normalized spacial score (nSPS) is 10.7. The van der Waals surface area contributed by atoms with Crippen LogP contribution in [0.5, 0.6) is 11.5 Å². The predicted octanol–water partition coefficient (Wildman–Crippen LogP) is 4.32. The van der Waals surface area contributed by atoms with Gasteiger partial charge in [0.15, 0.2) is 0 Å². The Hall–Kier alpha value is -4.06. The third-order valence-electron chi connectivity index (χ3n) is 5.36. The number of aromatic amines is 1. The van der Waals surface area contributed by atoms with Gasteiger partial charge in [-0.05, 0) is 59.5 Å². The van der Waals surface area contributed by atoms with E-state index in [4.69, 9.17) is 9.47 Å². The zero-order valence-electron chi connectivity index (χ0n) is 18.0. The first-order valence-corrected chi connectivity index (χ1v) is 10.3. The number of H-pyrrole nitrogens is 1. The van der Waals surface area contributed by atoms with Crippen LogP contribution in [0.25, 0.3) is 10.9 Å². The van der Waals surface area contributed by atoms with E-state index in [0.717, 1.165) is 22.2 Å². The van der Waals surface area contributed by atoms with E-state index in [-0.39, 0.29) is 24.4 Å². The highest BCUT2D eigenvalue weighted by atomic mass is 16.5. The van der Waals surface area contributed by atoms with Crippen LogP contribution in [0.2, 0.25) is 0 Å². The average molecular weight is 428 g/mol. The lowest BCUT2D eigenvalue weighted by Crippen LogP contribution is -2.34. The summed E-state index contributed by atoms with van der Waals surface area (Å²) < 4.78 is 10.4. The third-order valence-corrected chi connectivity index (χ3v) is 5.36. The number of para-hydroxylation sites is 1. The van der Waals surface area contributed by atoms with Gasteiger partial charge in [0.2, 0.25) is 5.91 Å². The maximum atomic E-state index is 13.4. The molecule has 0 atom stereocenters. The van der Waals surface area contributed by atoms with Gasteiger partial charge >= 0.3 is 0 Å². The molecule has 1 N–H and O–H groups in total. The number of nitrogens with zero attached hydrogens (tertiary/aromatic N) is 1. The van der Waals surface area contributed by atoms with Crippen LogP contribution in [0.15, 0.2) is 83.7 Å². The lowest BCUT2D eigenvalue weighted by Gasteiger charge is -2.23. The second-order valence-corrected chi connectivity index (χ2v) is 7.41. The Bertz CT molecular complexity index is 1280. The van der Waals surface area contributed by atoms with Crippen molar-refractivity contribution >= 4 is 22.5 Å². The topological polar surface area (TPSA) is 71.6 Å². The van der Waals surface area contributed by atoms with Gasteiger partial charge in [0, 0.05) is 16.8 Å². The van der Waals surface area contributed by atoms with E-state index in [9.17, 15) is 9.59 Å². The van der Waals surface area contributed by atoms with Crippen molar-refractivity contribution in [3.8, 4) is 11.5 Å². The van der Waals surface area contributed by atoms with E-state index < -0.39 is 0 Å². The Balaban J connectivity index is 1.67. The van der Waals surface area contributed by atoms with Gasteiger partial charge in [-0.3, -0.25) is 9.59 Å². The molecular formula is C26H24N2O4. The Labute approximate surface area is 186 Å². The second kappa shape index (κ2) is 9.39. The van der Waals surface area contributed by atoms with Gasteiger partial charge in [0.25, 0.3) is 5.56 Å². The molecule has 0 aliphatic heterocycles. The Morgan fingerprint density at radius 2 is 1.50 bits per heavy atom. The molecule has 162 valence electrons. The number of carbonyl (C=O) groups excluding carboxylic acids is 1. The number of benzene rings is 3. The van der Waals surface area contributed by atoms with Crippen molar-refractivity contribution in [1.29, 1.82) is 0 Å². The largest absolute Gasteiger partial charge is 0.497 e. The van der Waals surface area contributed by atoms with E-state index in [2.05, 4.69) is 4.98 Å². The van der Waals surface area contributed by atoms with E-state index in [0.29, 0.717) is 17.0 Å². The summed E-state index contributed by atoms with van der Waals surface area (Å²) >= 11 is 0. The zero-order valence-corrected chi connectivity index (χ0v) is 18.0. The number of pyridine rings is 1. The first-order chi connectivity index (χ1) is 15.6. The minimum absolute atomic E-state index is 0.118. The summed E-state index contributed by atoms with van der Waals surface area (Å²) in [6, 6.07) is 24.1. The number of methoxy groups -OCH3 is 2. The van der Waals surface area contributed by atoms with Crippen molar-refractivity contribution in [1.82, 2.24) is 4.98 Å². The number of amides is 1. The summed E-state index contributed by atoms with van der Waals surface area (Å²) in [5.74, 6) is 1.31. The third kappa shape index (κ3) is 4.64. The molecule has 1 amide bonds. The molecule has 0 saturated heterocycles. The molecule has 1 aromatic heterocycles. The molecule has 4 aromatic rings. The van der Waals surface area contributed by atoms with Crippen LogP contribution in [-0.2, 0) is 17.8 Å². The molecule has 0 fully saturated rings. The molecule has 0 saturated carbocycles. The first-order valence-electron chi connectivity index (χ1n) is 10.3. The number of anilines is 1. The summed E-state index contributed by atoms with van der Waals surface area (Å²) in [4.78, 5) is 30.6. The van der Waals surface area contributed by atoms with Crippen molar-refractivity contribution < 1.29 is 14.3 Å². The Kier molecular flexibility index (Phi) is 6.22. The van der Waals surface area contributed by atoms with Crippen LogP contribution in [0, 0.1) is 0 Å². The molecule has 0 bridgehead atoms. The average Bonchev–Trinajstić information content (AvgIpc) is 2.83. The molecule has 0 spiro atoms. The Morgan fingerprint density at radius 1 is 0.875 bits per heavy atom. The van der Waals surface area contributed by atoms with Gasteiger partial charge in [-0.1, -0.05) is 30.3 Å². The SMILES string of the molecule is COc1ccc(CC(=O)N(Cc2cc3ccccc3[nH]c2=O)c2ccc(OC)cc2)cc1. The predicted molar refractivity (Wildman–Crippen MR) is 125 cm³/mol. The fourth-order valence-electron chi connectivity index (χ4n) is 3.58. The molecule has 32 heavy (non-hydrogen) atoms. The molecule has 1 heterocycles. The monoisotopic (exact) mass is 428 g/mol. The molecule has 0 radical (unpaired) electrons. The number of ether oxygens (including phenoxy) is 2. The van der Waals surface area contributed by atoms with E-state index in [1.807, 2.05) is 66.7 Å². The van der Waals surface area contributed by atoms with Gasteiger partial charge in [0.1, 0.15) is 11.5 Å². The molecule has 0 aliphatic rings. The summed E-state index contributed by atoms with van der Waals surface area (Å²) in [5.41, 5.74) is 2.63. The summed E-state index contributed by atoms with van der Waals surface area (Å²) in [5, 5.41) is 0.916. The van der Waals surface area contributed by atoms with Crippen molar-refractivity contribution in [3.05, 3.63) is 100 Å². The van der Waals surface area contributed by atoms with Crippen LogP contribution in [-0.4, -0.2) is 25.1 Å². The van der Waals surface area contributed by atoms with Gasteiger partial charge in [-0.15, -0.1) is 0 Å². The van der Waals surface area contributed by atoms with Crippen LogP contribution >= 0.6 is 0 Å². The molecule has 6 nitrogen and oxygen atoms in total. The number of nitrogens with one attached hydrogen (secondary N) is 1. The molecular weight excluding hydrogens is 404 g/mol. The van der Waals surface area contributed by atoms with E-state index in [1.165, 1.54) is 0 Å². The van der Waals surface area contributed by atoms with Gasteiger partial charge in [-0.2, -0.15) is 0 Å². The molecule has 0 unspecified atom stereocenters. The lowest BCUT2D eigenvalue weighted by molar-refractivity contribution is -0.118. The van der Waals surface area contributed by atoms with Crippen molar-refractivity contribution in [2.24, 2.45) is 0 Å². The van der Waals surface area contributed by atoms with E-state index in [1.54, 1.807) is 31.3 Å². The highest BCUT2D eigenvalue weighted by Crippen LogP contribution is 2.23. The quantitative estimate of drug-likeness (QED) is 0.476. The van der Waals surface area contributed by atoms with Crippen molar-refractivity contribution in [2.45, 2.75) is 13.0 Å². The lowest BCUT2D eigenvalue weighted by atomic mass is 10.1. The standard InChI is InChI=1S/C26H24N2O4/c1-31-22-11-7-18(8-12-22)15-25(29)28(21-9-13-23(32-2)14-10-21)17-20-16-19-5-3-4-6-24(19)27-26(20)30/h3-14,16H,15,17H2,1-2H3,(H,27,30). The van der Waals surface area contributed by atoms with Crippen LogP contribution in [0.1, 0.15) is 11.1 Å². The highest BCUT2D eigenvalue weighted by molar-refractivity contribution is 5.95. The Morgan fingerprint density at radius 3 is 2.16 bits per heavy atom. The summed E-state index contributed by atoms with van der Waals surface area (Å²) in [7, 11) is 3.20. The van der Waals surface area contributed by atoms with Crippen molar-refractivity contribution in [2.75, 3.05) is 19.1 Å². The minimum Gasteiger partial charge on any atom is -0.497 e. The number of carbonyl (C=O) groups is 1. The fourth-order valence-corrected chi connectivity index (χ4v) is 3.58. The number of aromatic nitrogens is 1. The van der Waals surface area contributed by atoms with Gasteiger partial charge in [0.05, 0.1) is 27.2 Å². The zero-order chi connectivity index (χ0) is 22.5. The number of rotatable bonds is 7. The van der Waals surface area contributed by atoms with E-state index >= 15 is 0 Å². The minimum atomic E-state index is -0.209. The molecule has 3 aromatic carbocycles. The number of fused-ring (bicyclic) bond motifs is 1. The highest BCUT2D eigenvalue weighted by Gasteiger charge is 2.19. The van der Waals surface area contributed by atoms with Crippen molar-refractivity contribution in [3.63, 3.8) is 0 Å². The van der Waals surface area contributed by atoms with Crippen LogP contribution in [0.4, 0.5) is 5.69 Å². The van der Waals surface area contributed by atoms with Gasteiger partial charge in [-0.25, -0.2) is 0 Å². The molecule has 6 heteroatoms. The van der Waals surface area contributed by atoms with Crippen LogP contribution in [0.3, 0.4) is 0 Å². The number of hydrogen-bond donors (Lipinski definition) is 1. The second-order valence-electron chi connectivity index (χ2n) is 7.41. The maximum absolute atomic E-state index is 13.4. The first kappa shape index (κ1) is 21.2. The molecule has 4 rings (SSSR count). The fraction of sp³-hybridized carbons (Fsp3) is 0.154. The maximum Gasteiger partial charge on any atom is 0.253 e. The molecule has 0 aliphatic carbocycles. The summed E-state index contributed by atoms with van der Waals surface area (Å²) in [6.45, 7) is 0.154. The number of hydrogen-bond acceptors (Lipinski definition) is 4. The summed E-state index contributed by atoms with van der Waals surface area (Å²) in [6.07, 6.45) is 0.196.